The van der Waals surface area contributed by atoms with Crippen LogP contribution < -0.4 is 0 Å². The SMILES string of the molecule is C.CCC1=CC(C)CC1(c1ccccc1)c1ccccc1. The van der Waals surface area contributed by atoms with E-state index in [0.29, 0.717) is 5.92 Å². The second-order valence-electron chi connectivity index (χ2n) is 5.86. The molecule has 2 aromatic carbocycles. The van der Waals surface area contributed by atoms with Crippen LogP contribution >= 0.6 is 0 Å². The highest BCUT2D eigenvalue weighted by atomic mass is 14.4. The summed E-state index contributed by atoms with van der Waals surface area (Å²) in [5.74, 6) is 0.644. The van der Waals surface area contributed by atoms with E-state index in [1.807, 2.05) is 0 Å². The number of hydrogen-bond donors (Lipinski definition) is 0. The van der Waals surface area contributed by atoms with Gasteiger partial charge in [0.25, 0.3) is 0 Å². The van der Waals surface area contributed by atoms with E-state index in [4.69, 9.17) is 0 Å². The summed E-state index contributed by atoms with van der Waals surface area (Å²) in [7, 11) is 0. The van der Waals surface area contributed by atoms with Gasteiger partial charge in [-0.15, -0.1) is 0 Å². The average molecular weight is 278 g/mol. The molecule has 21 heavy (non-hydrogen) atoms. The Labute approximate surface area is 129 Å². The van der Waals surface area contributed by atoms with E-state index in [1.165, 1.54) is 17.5 Å². The topological polar surface area (TPSA) is 0 Å². The van der Waals surface area contributed by atoms with E-state index in [2.05, 4.69) is 80.6 Å². The van der Waals surface area contributed by atoms with Gasteiger partial charge in [0.15, 0.2) is 0 Å². The number of allylic oxidation sites excluding steroid dienone is 2. The zero-order valence-electron chi connectivity index (χ0n) is 12.3. The molecule has 1 aliphatic rings. The lowest BCUT2D eigenvalue weighted by Crippen LogP contribution is -2.28. The highest BCUT2D eigenvalue weighted by Gasteiger charge is 2.41. The second kappa shape index (κ2) is 6.30. The van der Waals surface area contributed by atoms with Crippen molar-refractivity contribution in [3.63, 3.8) is 0 Å². The quantitative estimate of drug-likeness (QED) is 0.605. The van der Waals surface area contributed by atoms with Gasteiger partial charge < -0.3 is 0 Å². The van der Waals surface area contributed by atoms with Crippen LogP contribution in [0.1, 0.15) is 45.2 Å². The van der Waals surface area contributed by atoms with Crippen molar-refractivity contribution in [1.82, 2.24) is 0 Å². The second-order valence-corrected chi connectivity index (χ2v) is 5.86. The van der Waals surface area contributed by atoms with Crippen LogP contribution in [-0.2, 0) is 5.41 Å². The van der Waals surface area contributed by atoms with Crippen molar-refractivity contribution in [2.24, 2.45) is 5.92 Å². The van der Waals surface area contributed by atoms with Crippen LogP contribution in [-0.4, -0.2) is 0 Å². The predicted octanol–water partition coefficient (Wildman–Crippen LogP) is 5.99. The maximum Gasteiger partial charge on any atom is 0.0416 e. The summed E-state index contributed by atoms with van der Waals surface area (Å²) in [6.45, 7) is 4.62. The smallest absolute Gasteiger partial charge is 0.0416 e. The van der Waals surface area contributed by atoms with E-state index < -0.39 is 0 Å². The van der Waals surface area contributed by atoms with Gasteiger partial charge in [-0.1, -0.05) is 93.6 Å². The number of rotatable bonds is 3. The van der Waals surface area contributed by atoms with Gasteiger partial charge in [-0.25, -0.2) is 0 Å². The minimum Gasteiger partial charge on any atom is -0.0812 e. The standard InChI is InChI=1S/C20H22.CH4/c1-3-17-14-16(2)15-20(17,18-10-6-4-7-11-18)19-12-8-5-9-13-19;/h4-14,16H,3,15H2,1-2H3;1H4. The molecule has 0 spiro atoms. The first-order valence-electron chi connectivity index (χ1n) is 7.59. The Hall–Kier alpha value is -1.82. The summed E-state index contributed by atoms with van der Waals surface area (Å²) in [4.78, 5) is 0. The summed E-state index contributed by atoms with van der Waals surface area (Å²) in [6, 6.07) is 22.0. The maximum absolute atomic E-state index is 2.49. The van der Waals surface area contributed by atoms with E-state index in [0.717, 1.165) is 6.42 Å². The highest BCUT2D eigenvalue weighted by Crippen LogP contribution is 2.50. The average Bonchev–Trinajstić information content (AvgIpc) is 2.87. The predicted molar refractivity (Wildman–Crippen MR) is 92.6 cm³/mol. The molecule has 0 nitrogen and oxygen atoms in total. The minimum atomic E-state index is 0. The van der Waals surface area contributed by atoms with Gasteiger partial charge in [0.05, 0.1) is 0 Å². The monoisotopic (exact) mass is 278 g/mol. The van der Waals surface area contributed by atoms with E-state index in [-0.39, 0.29) is 12.8 Å². The molecule has 0 amide bonds. The molecule has 1 atom stereocenters. The normalized spacial score (nSPS) is 19.7. The zero-order chi connectivity index (χ0) is 14.0. The van der Waals surface area contributed by atoms with Crippen molar-refractivity contribution in [3.05, 3.63) is 83.4 Å². The molecule has 0 heterocycles. The molecular formula is C21H26. The van der Waals surface area contributed by atoms with E-state index in [9.17, 15) is 0 Å². The summed E-state index contributed by atoms with van der Waals surface area (Å²) < 4.78 is 0. The fraction of sp³-hybridized carbons (Fsp3) is 0.333. The van der Waals surface area contributed by atoms with E-state index >= 15 is 0 Å². The Kier molecular flexibility index (Phi) is 4.67. The molecule has 3 rings (SSSR count). The third-order valence-corrected chi connectivity index (χ3v) is 4.58. The molecule has 0 N–H and O–H groups in total. The van der Waals surface area contributed by atoms with Crippen LogP contribution in [0.15, 0.2) is 72.3 Å². The van der Waals surface area contributed by atoms with Crippen LogP contribution in [0.25, 0.3) is 0 Å². The highest BCUT2D eigenvalue weighted by molar-refractivity contribution is 5.51. The van der Waals surface area contributed by atoms with Crippen LogP contribution in [0.4, 0.5) is 0 Å². The first-order chi connectivity index (χ1) is 9.77. The van der Waals surface area contributed by atoms with Crippen molar-refractivity contribution in [2.75, 3.05) is 0 Å². The van der Waals surface area contributed by atoms with Crippen molar-refractivity contribution in [1.29, 1.82) is 0 Å². The summed E-state index contributed by atoms with van der Waals surface area (Å²) >= 11 is 0. The molecule has 1 aliphatic carbocycles. The van der Waals surface area contributed by atoms with Crippen molar-refractivity contribution in [2.45, 2.75) is 39.5 Å². The molecule has 0 aliphatic heterocycles. The molecule has 0 saturated carbocycles. The maximum atomic E-state index is 2.49. The number of benzene rings is 2. The number of hydrogen-bond acceptors (Lipinski definition) is 0. The van der Waals surface area contributed by atoms with Crippen LogP contribution in [0.2, 0.25) is 0 Å². The molecule has 0 aromatic heterocycles. The molecule has 0 bridgehead atoms. The third-order valence-electron chi connectivity index (χ3n) is 4.58. The molecule has 0 fully saturated rings. The first-order valence-corrected chi connectivity index (χ1v) is 7.59. The van der Waals surface area contributed by atoms with Gasteiger partial charge in [-0.2, -0.15) is 0 Å². The summed E-state index contributed by atoms with van der Waals surface area (Å²) in [5.41, 5.74) is 4.52. The van der Waals surface area contributed by atoms with Crippen molar-refractivity contribution < 1.29 is 0 Å². The van der Waals surface area contributed by atoms with Gasteiger partial charge >= 0.3 is 0 Å². The molecular weight excluding hydrogens is 252 g/mol. The Bertz CT molecular complexity index is 553. The first kappa shape index (κ1) is 15.6. The zero-order valence-corrected chi connectivity index (χ0v) is 12.3. The lowest BCUT2D eigenvalue weighted by Gasteiger charge is -2.34. The molecule has 110 valence electrons. The van der Waals surface area contributed by atoms with Crippen LogP contribution in [0, 0.1) is 5.92 Å². The van der Waals surface area contributed by atoms with Gasteiger partial charge in [-0.05, 0) is 29.9 Å². The summed E-state index contributed by atoms with van der Waals surface area (Å²) in [6.07, 6.45) is 4.79. The van der Waals surface area contributed by atoms with Crippen molar-refractivity contribution >= 4 is 0 Å². The lowest BCUT2D eigenvalue weighted by atomic mass is 9.68. The van der Waals surface area contributed by atoms with Crippen LogP contribution in [0.5, 0.6) is 0 Å². The molecule has 1 unspecified atom stereocenters. The van der Waals surface area contributed by atoms with Gasteiger partial charge in [0, 0.05) is 5.41 Å². The van der Waals surface area contributed by atoms with Gasteiger partial charge in [0.1, 0.15) is 0 Å². The van der Waals surface area contributed by atoms with Gasteiger partial charge in [-0.3, -0.25) is 0 Å². The lowest BCUT2D eigenvalue weighted by molar-refractivity contribution is 0.518. The fourth-order valence-corrected chi connectivity index (χ4v) is 3.80. The minimum absolute atomic E-state index is 0. The Morgan fingerprint density at radius 1 is 0.905 bits per heavy atom. The van der Waals surface area contributed by atoms with E-state index in [1.54, 1.807) is 5.57 Å². The Balaban J connectivity index is 0.00000161. The molecule has 0 saturated heterocycles. The molecule has 2 aromatic rings. The third kappa shape index (κ3) is 2.55. The largest absolute Gasteiger partial charge is 0.0812 e. The molecule has 0 radical (unpaired) electrons. The Morgan fingerprint density at radius 2 is 1.38 bits per heavy atom. The Morgan fingerprint density at radius 3 is 1.81 bits per heavy atom. The van der Waals surface area contributed by atoms with Gasteiger partial charge in [0.2, 0.25) is 0 Å². The van der Waals surface area contributed by atoms with Crippen LogP contribution in [0.3, 0.4) is 0 Å². The summed E-state index contributed by atoms with van der Waals surface area (Å²) in [5, 5.41) is 0. The molecule has 0 heteroatoms. The fourth-order valence-electron chi connectivity index (χ4n) is 3.80. The van der Waals surface area contributed by atoms with Crippen molar-refractivity contribution in [3.8, 4) is 0 Å².